The molecule has 0 bridgehead atoms. The lowest BCUT2D eigenvalue weighted by atomic mass is 9.95. The van der Waals surface area contributed by atoms with E-state index in [-0.39, 0.29) is 0 Å². The summed E-state index contributed by atoms with van der Waals surface area (Å²) in [4.78, 5) is 2.43. The molecule has 1 heterocycles. The second-order valence-corrected chi connectivity index (χ2v) is 16.3. The van der Waals surface area contributed by atoms with E-state index in [0.29, 0.717) is 0 Å². The Labute approximate surface area is 354 Å². The van der Waals surface area contributed by atoms with E-state index in [1.807, 2.05) is 11.3 Å². The van der Waals surface area contributed by atoms with Crippen molar-refractivity contribution in [3.05, 3.63) is 237 Å². The quantitative estimate of drug-likeness (QED) is 0.148. The van der Waals surface area contributed by atoms with Crippen LogP contribution < -0.4 is 4.90 Å². The van der Waals surface area contributed by atoms with Crippen molar-refractivity contribution < 1.29 is 0 Å². The highest BCUT2D eigenvalue weighted by Crippen LogP contribution is 2.48. The van der Waals surface area contributed by atoms with E-state index in [1.54, 1.807) is 0 Å². The molecule has 2 heteroatoms. The summed E-state index contributed by atoms with van der Waals surface area (Å²) in [5.74, 6) is 0. The number of rotatable bonds is 8. The zero-order valence-corrected chi connectivity index (χ0v) is 33.7. The van der Waals surface area contributed by atoms with Gasteiger partial charge in [0, 0.05) is 32.4 Å². The molecule has 11 rings (SSSR count). The molecule has 0 aliphatic carbocycles. The lowest BCUT2D eigenvalue weighted by Gasteiger charge is -2.26. The summed E-state index contributed by atoms with van der Waals surface area (Å²) in [6.07, 6.45) is 0. The standard InChI is InChI=1S/C58H39NS/c1-5-15-40(16-6-1)42-29-33-49(34-30-42)59(50-35-31-43(32-36-50)47-28-27-46-23-13-24-51(53(46)37-47)44-19-9-3-10-20-44)56-26-14-25-52-55-39-48(41-17-7-2-8-18-41)38-54(57(55)60-58(52)56)45-21-11-4-12-22-45/h1-39H. The van der Waals surface area contributed by atoms with Gasteiger partial charge in [-0.15, -0.1) is 11.3 Å². The van der Waals surface area contributed by atoms with Gasteiger partial charge >= 0.3 is 0 Å². The van der Waals surface area contributed by atoms with E-state index in [1.165, 1.54) is 86.6 Å². The van der Waals surface area contributed by atoms with Crippen LogP contribution in [-0.4, -0.2) is 0 Å². The van der Waals surface area contributed by atoms with Crippen molar-refractivity contribution in [1.82, 2.24) is 0 Å². The number of benzene rings is 10. The van der Waals surface area contributed by atoms with Crippen LogP contribution in [0.2, 0.25) is 0 Å². The summed E-state index contributed by atoms with van der Waals surface area (Å²) in [6.45, 7) is 0. The van der Waals surface area contributed by atoms with E-state index in [2.05, 4.69) is 241 Å². The summed E-state index contributed by atoms with van der Waals surface area (Å²) in [5.41, 5.74) is 15.6. The molecule has 0 saturated heterocycles. The molecule has 0 spiro atoms. The third-order valence-corrected chi connectivity index (χ3v) is 12.9. The van der Waals surface area contributed by atoms with Crippen LogP contribution in [0.5, 0.6) is 0 Å². The Morgan fingerprint density at radius 3 is 1.37 bits per heavy atom. The topological polar surface area (TPSA) is 3.24 Å². The third-order valence-electron chi connectivity index (χ3n) is 11.7. The van der Waals surface area contributed by atoms with Crippen molar-refractivity contribution in [2.45, 2.75) is 0 Å². The van der Waals surface area contributed by atoms with Crippen LogP contribution in [0.3, 0.4) is 0 Å². The number of hydrogen-bond donors (Lipinski definition) is 0. The summed E-state index contributed by atoms with van der Waals surface area (Å²) in [6, 6.07) is 86.0. The number of hydrogen-bond acceptors (Lipinski definition) is 2. The second kappa shape index (κ2) is 15.3. The molecule has 0 N–H and O–H groups in total. The van der Waals surface area contributed by atoms with Gasteiger partial charge in [0.15, 0.2) is 0 Å². The van der Waals surface area contributed by atoms with E-state index in [9.17, 15) is 0 Å². The Bertz CT molecular complexity index is 3260. The van der Waals surface area contributed by atoms with Gasteiger partial charge in [0.25, 0.3) is 0 Å². The van der Waals surface area contributed by atoms with Crippen LogP contribution in [0.25, 0.3) is 86.6 Å². The van der Waals surface area contributed by atoms with Gasteiger partial charge in [-0.2, -0.15) is 0 Å². The van der Waals surface area contributed by atoms with Gasteiger partial charge in [0.05, 0.1) is 10.4 Å². The fourth-order valence-electron chi connectivity index (χ4n) is 8.68. The smallest absolute Gasteiger partial charge is 0.0640 e. The van der Waals surface area contributed by atoms with Gasteiger partial charge in [0.2, 0.25) is 0 Å². The monoisotopic (exact) mass is 781 g/mol. The van der Waals surface area contributed by atoms with E-state index in [0.717, 1.165) is 17.1 Å². The predicted molar refractivity (Wildman–Crippen MR) is 259 cm³/mol. The number of fused-ring (bicyclic) bond motifs is 4. The van der Waals surface area contributed by atoms with Crippen LogP contribution in [-0.2, 0) is 0 Å². The van der Waals surface area contributed by atoms with Crippen molar-refractivity contribution in [2.24, 2.45) is 0 Å². The summed E-state index contributed by atoms with van der Waals surface area (Å²) in [7, 11) is 0. The van der Waals surface area contributed by atoms with Gasteiger partial charge < -0.3 is 4.90 Å². The molecule has 0 aliphatic heterocycles. The lowest BCUT2D eigenvalue weighted by Crippen LogP contribution is -2.10. The Morgan fingerprint density at radius 1 is 0.267 bits per heavy atom. The second-order valence-electron chi connectivity index (χ2n) is 15.3. The van der Waals surface area contributed by atoms with Crippen LogP contribution in [0, 0.1) is 0 Å². The minimum absolute atomic E-state index is 1.11. The van der Waals surface area contributed by atoms with Crippen molar-refractivity contribution in [3.63, 3.8) is 0 Å². The SMILES string of the molecule is c1ccc(-c2ccc(N(c3ccc(-c4ccc5cccc(-c6ccccc6)c5c4)cc3)c3cccc4c3sc3c(-c5ccccc5)cc(-c5ccccc5)cc34)cc2)cc1. The molecule has 60 heavy (non-hydrogen) atoms. The first-order chi connectivity index (χ1) is 29.7. The minimum atomic E-state index is 1.11. The fraction of sp³-hybridized carbons (Fsp3) is 0. The first-order valence-corrected chi connectivity index (χ1v) is 21.3. The predicted octanol–water partition coefficient (Wildman–Crippen LogP) is 17.0. The Kier molecular flexibility index (Phi) is 9.11. The van der Waals surface area contributed by atoms with Crippen LogP contribution >= 0.6 is 11.3 Å². The average Bonchev–Trinajstić information content (AvgIpc) is 3.72. The molecule has 0 aliphatic rings. The molecule has 0 fully saturated rings. The summed E-state index contributed by atoms with van der Waals surface area (Å²) in [5, 5.41) is 5.03. The molecule has 0 radical (unpaired) electrons. The molecule has 1 nitrogen and oxygen atoms in total. The number of nitrogens with zero attached hydrogens (tertiary/aromatic N) is 1. The van der Waals surface area contributed by atoms with Crippen molar-refractivity contribution in [1.29, 1.82) is 0 Å². The highest BCUT2D eigenvalue weighted by atomic mass is 32.1. The maximum absolute atomic E-state index is 2.43. The van der Waals surface area contributed by atoms with Crippen molar-refractivity contribution in [2.75, 3.05) is 4.90 Å². The fourth-order valence-corrected chi connectivity index (χ4v) is 10.00. The largest absolute Gasteiger partial charge is 0.309 e. The van der Waals surface area contributed by atoms with Gasteiger partial charge in [-0.25, -0.2) is 0 Å². The molecule has 0 saturated carbocycles. The first-order valence-electron chi connectivity index (χ1n) is 20.5. The maximum Gasteiger partial charge on any atom is 0.0640 e. The van der Waals surface area contributed by atoms with Crippen molar-refractivity contribution in [3.8, 4) is 55.6 Å². The molecule has 1 aromatic heterocycles. The molecule has 10 aromatic carbocycles. The van der Waals surface area contributed by atoms with Gasteiger partial charge in [0.1, 0.15) is 0 Å². The molecule has 0 unspecified atom stereocenters. The molecular formula is C58H39NS. The zero-order valence-electron chi connectivity index (χ0n) is 32.9. The normalized spacial score (nSPS) is 11.3. The lowest BCUT2D eigenvalue weighted by molar-refractivity contribution is 1.30. The van der Waals surface area contributed by atoms with Crippen LogP contribution in [0.15, 0.2) is 237 Å². The Hall–Kier alpha value is -7.52. The summed E-state index contributed by atoms with van der Waals surface area (Å²) >= 11 is 1.89. The number of thiophene rings is 1. The third kappa shape index (κ3) is 6.54. The van der Waals surface area contributed by atoms with E-state index >= 15 is 0 Å². The van der Waals surface area contributed by atoms with E-state index in [4.69, 9.17) is 0 Å². The zero-order chi connectivity index (χ0) is 39.8. The minimum Gasteiger partial charge on any atom is -0.309 e. The van der Waals surface area contributed by atoms with Gasteiger partial charge in [-0.1, -0.05) is 188 Å². The molecule has 0 atom stereocenters. The highest BCUT2D eigenvalue weighted by molar-refractivity contribution is 7.27. The Balaban J connectivity index is 1.07. The van der Waals surface area contributed by atoms with Crippen molar-refractivity contribution >= 4 is 59.3 Å². The maximum atomic E-state index is 2.43. The van der Waals surface area contributed by atoms with Gasteiger partial charge in [-0.3, -0.25) is 0 Å². The van der Waals surface area contributed by atoms with Crippen LogP contribution in [0.4, 0.5) is 17.1 Å². The molecule has 11 aromatic rings. The van der Waals surface area contributed by atoms with Crippen LogP contribution in [0.1, 0.15) is 0 Å². The highest BCUT2D eigenvalue weighted by Gasteiger charge is 2.21. The molecule has 0 amide bonds. The summed E-state index contributed by atoms with van der Waals surface area (Å²) < 4.78 is 2.55. The molecular weight excluding hydrogens is 743 g/mol. The molecule has 282 valence electrons. The average molecular weight is 782 g/mol. The van der Waals surface area contributed by atoms with Gasteiger partial charge in [-0.05, 0) is 109 Å². The Morgan fingerprint density at radius 2 is 0.750 bits per heavy atom. The first kappa shape index (κ1) is 35.6. The number of anilines is 3. The van der Waals surface area contributed by atoms with E-state index < -0.39 is 0 Å².